The van der Waals surface area contributed by atoms with Crippen molar-refractivity contribution in [1.82, 2.24) is 14.3 Å². The number of aromatic nitrogens is 4. The van der Waals surface area contributed by atoms with Crippen LogP contribution in [0.15, 0.2) is 17.1 Å². The molecular weight excluding hydrogens is 270 g/mol. The van der Waals surface area contributed by atoms with Crippen LogP contribution in [0.4, 0.5) is 8.78 Å². The first-order valence-corrected chi connectivity index (χ1v) is 5.88. The number of aryl methyl sites for hydroxylation is 2. The van der Waals surface area contributed by atoms with E-state index in [2.05, 4.69) is 5.10 Å². The smallest absolute Gasteiger partial charge is 0.442 e. The quantitative estimate of drug-likeness (QED) is 0.608. The summed E-state index contributed by atoms with van der Waals surface area (Å²) in [6.07, 6.45) is 1.26. The van der Waals surface area contributed by atoms with Gasteiger partial charge in [0, 0.05) is 19.5 Å². The summed E-state index contributed by atoms with van der Waals surface area (Å²) in [7, 11) is 1.19. The molecule has 0 spiro atoms. The third-order valence-electron chi connectivity index (χ3n) is 2.90. The molecule has 6 nitrogen and oxygen atoms in total. The van der Waals surface area contributed by atoms with Crippen LogP contribution < -0.4 is 10.4 Å². The molecule has 0 aliphatic carbocycles. The zero-order valence-corrected chi connectivity index (χ0v) is 11.5. The van der Waals surface area contributed by atoms with E-state index in [0.717, 1.165) is 4.57 Å². The van der Waals surface area contributed by atoms with Crippen molar-refractivity contribution in [3.8, 4) is 5.82 Å². The number of pyridine rings is 1. The van der Waals surface area contributed by atoms with E-state index in [1.807, 2.05) is 0 Å². The summed E-state index contributed by atoms with van der Waals surface area (Å²) in [5.41, 5.74) is 0.385. The van der Waals surface area contributed by atoms with Crippen LogP contribution in [0.1, 0.15) is 23.9 Å². The molecule has 0 unspecified atom stereocenters. The maximum absolute atomic E-state index is 13.4. The molecule has 20 heavy (non-hydrogen) atoms. The van der Waals surface area contributed by atoms with Crippen LogP contribution in [0.5, 0.6) is 0 Å². The van der Waals surface area contributed by atoms with E-state index in [4.69, 9.17) is 0 Å². The average Bonchev–Trinajstić information content (AvgIpc) is 2.55. The molecule has 0 aromatic carbocycles. The largest absolute Gasteiger partial charge is 0.711 e. The van der Waals surface area contributed by atoms with Gasteiger partial charge in [-0.15, -0.1) is 0 Å². The predicted molar refractivity (Wildman–Crippen MR) is 66.8 cm³/mol. The summed E-state index contributed by atoms with van der Waals surface area (Å²) in [6, 6.07) is 1.68. The van der Waals surface area contributed by atoms with Crippen molar-refractivity contribution >= 4 is 0 Å². The Morgan fingerprint density at radius 3 is 2.45 bits per heavy atom. The summed E-state index contributed by atoms with van der Waals surface area (Å²) in [4.78, 5) is 12.0. The lowest BCUT2D eigenvalue weighted by Crippen LogP contribution is -2.38. The van der Waals surface area contributed by atoms with E-state index < -0.39 is 17.4 Å². The highest BCUT2D eigenvalue weighted by Crippen LogP contribution is 2.23. The van der Waals surface area contributed by atoms with Crippen LogP contribution >= 0.6 is 0 Å². The predicted octanol–water partition coefficient (Wildman–Crippen LogP) is 0.933. The molecule has 2 aromatic rings. The van der Waals surface area contributed by atoms with E-state index in [-0.39, 0.29) is 5.82 Å². The third-order valence-corrected chi connectivity index (χ3v) is 2.90. The molecule has 0 amide bonds. The Balaban J connectivity index is 2.76. The van der Waals surface area contributed by atoms with Gasteiger partial charge >= 0.3 is 17.4 Å². The van der Waals surface area contributed by atoms with Crippen molar-refractivity contribution in [2.75, 3.05) is 0 Å². The molecule has 0 saturated heterocycles. The Kier molecular flexibility index (Phi) is 3.11. The third kappa shape index (κ3) is 2.17. The maximum Gasteiger partial charge on any atom is 0.442 e. The molecule has 0 aliphatic heterocycles. The molecule has 0 fully saturated rings. The van der Waals surface area contributed by atoms with Crippen molar-refractivity contribution in [1.29, 1.82) is 0 Å². The summed E-state index contributed by atoms with van der Waals surface area (Å²) in [6.45, 7) is 3.98. The summed E-state index contributed by atoms with van der Waals surface area (Å²) < 4.78 is 28.6. The molecule has 0 atom stereocenters. The Labute approximate surface area is 113 Å². The van der Waals surface area contributed by atoms with Gasteiger partial charge in [-0.3, -0.25) is 4.57 Å². The zero-order chi connectivity index (χ0) is 15.2. The van der Waals surface area contributed by atoms with Gasteiger partial charge in [-0.05, 0) is 30.2 Å². The number of hydrogen-bond acceptors (Lipinski definition) is 3. The molecule has 2 heterocycles. The lowest BCUT2D eigenvalue weighted by Gasteiger charge is -2.09. The molecule has 0 bridgehead atoms. The van der Waals surface area contributed by atoms with Gasteiger partial charge in [0.25, 0.3) is 0 Å². The van der Waals surface area contributed by atoms with E-state index in [0.29, 0.717) is 27.5 Å². The van der Waals surface area contributed by atoms with Crippen LogP contribution in [0.3, 0.4) is 0 Å². The Morgan fingerprint density at radius 1 is 1.40 bits per heavy atom. The molecule has 0 N–H and O–H groups in total. The fourth-order valence-corrected chi connectivity index (χ4v) is 2.08. The Morgan fingerprint density at radius 2 is 2.00 bits per heavy atom. The minimum Gasteiger partial charge on any atom is -0.711 e. The topological polar surface area (TPSA) is 66.8 Å². The van der Waals surface area contributed by atoms with E-state index in [1.54, 1.807) is 19.9 Å². The second-order valence-corrected chi connectivity index (χ2v) is 4.82. The van der Waals surface area contributed by atoms with Crippen molar-refractivity contribution in [3.05, 3.63) is 44.9 Å². The molecule has 2 rings (SSSR count). The van der Waals surface area contributed by atoms with Crippen LogP contribution in [-0.2, 0) is 13.0 Å². The summed E-state index contributed by atoms with van der Waals surface area (Å²) in [5.74, 6) is -4.04. The van der Waals surface area contributed by atoms with E-state index >= 15 is 0 Å². The fourth-order valence-electron chi connectivity index (χ4n) is 2.08. The van der Waals surface area contributed by atoms with Crippen molar-refractivity contribution in [2.45, 2.75) is 26.7 Å². The van der Waals surface area contributed by atoms with E-state index in [9.17, 15) is 18.8 Å². The highest BCUT2D eigenvalue weighted by atomic mass is 19.3. The van der Waals surface area contributed by atoms with Crippen molar-refractivity contribution in [2.24, 2.45) is 7.05 Å². The van der Waals surface area contributed by atoms with Gasteiger partial charge in [0.2, 0.25) is 5.82 Å². The van der Waals surface area contributed by atoms with Crippen LogP contribution in [0.2, 0.25) is 0 Å². The van der Waals surface area contributed by atoms with Crippen LogP contribution in [-0.4, -0.2) is 14.3 Å². The number of alkyl halides is 2. The molecule has 108 valence electrons. The first-order chi connectivity index (χ1) is 9.12. The van der Waals surface area contributed by atoms with Gasteiger partial charge in [-0.2, -0.15) is 8.78 Å². The fraction of sp³-hybridized carbons (Fsp3) is 0.417. The standard InChI is InChI=1S/C12H14F2N4O2/c1-7-5-8(2)9(17(20)6-7)18-11(19)16(4)10(15-18)12(3,13)14/h5-6H,1-4H3. The van der Waals surface area contributed by atoms with Gasteiger partial charge in [0.15, 0.2) is 0 Å². The highest BCUT2D eigenvalue weighted by molar-refractivity contribution is 5.29. The minimum absolute atomic E-state index is 0.0771. The molecular formula is C12H14F2N4O2. The van der Waals surface area contributed by atoms with Gasteiger partial charge in [0.1, 0.15) is 0 Å². The zero-order valence-electron chi connectivity index (χ0n) is 11.5. The van der Waals surface area contributed by atoms with Crippen molar-refractivity contribution < 1.29 is 13.5 Å². The highest BCUT2D eigenvalue weighted by Gasteiger charge is 2.36. The number of nitrogens with zero attached hydrogens (tertiary/aromatic N) is 4. The maximum atomic E-state index is 13.4. The van der Waals surface area contributed by atoms with Gasteiger partial charge in [0.05, 0.1) is 6.20 Å². The molecule has 0 saturated carbocycles. The molecule has 8 heteroatoms. The van der Waals surface area contributed by atoms with Crippen molar-refractivity contribution in [3.63, 3.8) is 0 Å². The Hall–Kier alpha value is -2.25. The second kappa shape index (κ2) is 4.39. The lowest BCUT2D eigenvalue weighted by atomic mass is 10.2. The minimum atomic E-state index is -3.27. The molecule has 2 aromatic heterocycles. The summed E-state index contributed by atoms with van der Waals surface area (Å²) in [5, 5.41) is 15.5. The van der Waals surface area contributed by atoms with Gasteiger partial charge < -0.3 is 5.21 Å². The molecule has 0 aliphatic rings. The van der Waals surface area contributed by atoms with Gasteiger partial charge in [-0.25, -0.2) is 9.52 Å². The first-order valence-electron chi connectivity index (χ1n) is 5.88. The molecule has 0 radical (unpaired) electrons. The monoisotopic (exact) mass is 284 g/mol. The average molecular weight is 284 g/mol. The number of halogens is 2. The summed E-state index contributed by atoms with van der Waals surface area (Å²) >= 11 is 0. The lowest BCUT2D eigenvalue weighted by molar-refractivity contribution is -0.601. The van der Waals surface area contributed by atoms with Crippen LogP contribution in [0, 0.1) is 19.1 Å². The first kappa shape index (κ1) is 14.2. The second-order valence-electron chi connectivity index (χ2n) is 4.82. The number of hydrogen-bond donors (Lipinski definition) is 0. The normalized spacial score (nSPS) is 11.9. The van der Waals surface area contributed by atoms with Gasteiger partial charge in [-0.1, -0.05) is 5.10 Å². The van der Waals surface area contributed by atoms with E-state index in [1.165, 1.54) is 13.2 Å². The number of rotatable bonds is 2. The Bertz CT molecular complexity index is 705. The SMILES string of the molecule is Cc1cc(C)c(-n2nc(C(C)(F)F)n(C)c2=O)[n+]([O-])c1. The van der Waals surface area contributed by atoms with Crippen LogP contribution in [0.25, 0.3) is 5.82 Å².